The molecule has 34 heavy (non-hydrogen) atoms. The number of fused-ring (bicyclic) bond motifs is 5. The van der Waals surface area contributed by atoms with Crippen molar-refractivity contribution < 1.29 is 23.8 Å². The first-order valence-electron chi connectivity index (χ1n) is 12.5. The van der Waals surface area contributed by atoms with Crippen molar-refractivity contribution in [3.63, 3.8) is 0 Å². The van der Waals surface area contributed by atoms with Crippen LogP contribution in [-0.4, -0.2) is 35.3 Å². The molecule has 0 radical (unpaired) electrons. The first-order chi connectivity index (χ1) is 16.3. The Morgan fingerprint density at radius 1 is 0.735 bits per heavy atom. The highest BCUT2D eigenvalue weighted by atomic mass is 16.7. The largest absolute Gasteiger partial charge is 0.452 e. The fourth-order valence-corrected chi connectivity index (χ4v) is 7.08. The van der Waals surface area contributed by atoms with E-state index in [2.05, 4.69) is 27.7 Å². The van der Waals surface area contributed by atoms with Gasteiger partial charge in [0.2, 0.25) is 0 Å². The van der Waals surface area contributed by atoms with Gasteiger partial charge in [0.1, 0.15) is 11.2 Å². The second kappa shape index (κ2) is 8.53. The zero-order valence-electron chi connectivity index (χ0n) is 20.4. The van der Waals surface area contributed by atoms with Crippen LogP contribution >= 0.6 is 0 Å². The lowest BCUT2D eigenvalue weighted by Crippen LogP contribution is -2.62. The van der Waals surface area contributed by atoms with Gasteiger partial charge in [0.15, 0.2) is 12.2 Å². The Kier molecular flexibility index (Phi) is 5.79. The van der Waals surface area contributed by atoms with Gasteiger partial charge >= 0.3 is 11.9 Å². The molecule has 5 heteroatoms. The molecular weight excluding hydrogens is 428 g/mol. The fourth-order valence-electron chi connectivity index (χ4n) is 7.08. The zero-order chi connectivity index (χ0) is 24.1. The Balaban J connectivity index is 1.59. The number of benzene rings is 2. The van der Waals surface area contributed by atoms with Gasteiger partial charge in [-0.05, 0) is 60.8 Å². The van der Waals surface area contributed by atoms with Crippen LogP contribution in [0.4, 0.5) is 0 Å². The van der Waals surface area contributed by atoms with Crippen LogP contribution in [0.25, 0.3) is 0 Å². The Bertz CT molecular complexity index is 965. The van der Waals surface area contributed by atoms with Crippen LogP contribution in [0, 0.1) is 23.7 Å². The predicted molar refractivity (Wildman–Crippen MR) is 128 cm³/mol. The fraction of sp³-hybridized carbons (Fsp3) is 0.517. The van der Waals surface area contributed by atoms with Gasteiger partial charge in [-0.1, -0.05) is 70.5 Å². The summed E-state index contributed by atoms with van der Waals surface area (Å²) >= 11 is 0. The van der Waals surface area contributed by atoms with Crippen LogP contribution in [0.5, 0.6) is 0 Å². The summed E-state index contributed by atoms with van der Waals surface area (Å²) in [6, 6.07) is 18.0. The van der Waals surface area contributed by atoms with Crippen LogP contribution in [0.15, 0.2) is 60.7 Å². The number of hydrogen-bond donors (Lipinski definition) is 0. The average Bonchev–Trinajstić information content (AvgIpc) is 3.51. The van der Waals surface area contributed by atoms with E-state index in [9.17, 15) is 9.59 Å². The Labute approximate surface area is 201 Å². The molecule has 3 aliphatic rings. The van der Waals surface area contributed by atoms with E-state index in [1.807, 2.05) is 36.4 Å². The third kappa shape index (κ3) is 3.24. The second-order valence-electron chi connectivity index (χ2n) is 10.6. The maximum Gasteiger partial charge on any atom is 0.338 e. The van der Waals surface area contributed by atoms with Crippen LogP contribution in [0.3, 0.4) is 0 Å². The Morgan fingerprint density at radius 2 is 1.12 bits per heavy atom. The van der Waals surface area contributed by atoms with Gasteiger partial charge in [-0.25, -0.2) is 9.59 Å². The quantitative estimate of drug-likeness (QED) is 0.516. The lowest BCUT2D eigenvalue weighted by atomic mass is 9.59. The molecule has 2 bridgehead atoms. The number of carbonyl (C=O) groups excluding carboxylic acids is 2. The molecule has 180 valence electrons. The Hall–Kier alpha value is -2.66. The van der Waals surface area contributed by atoms with Crippen molar-refractivity contribution >= 4 is 11.9 Å². The monoisotopic (exact) mass is 462 g/mol. The molecule has 2 aromatic rings. The van der Waals surface area contributed by atoms with Crippen molar-refractivity contribution in [1.29, 1.82) is 0 Å². The highest BCUT2D eigenvalue weighted by Gasteiger charge is 2.80. The van der Waals surface area contributed by atoms with E-state index < -0.39 is 35.3 Å². The average molecular weight is 463 g/mol. The molecule has 2 heterocycles. The van der Waals surface area contributed by atoms with Crippen LogP contribution in [0.1, 0.15) is 67.7 Å². The number of rotatable bonds is 6. The molecule has 2 aliphatic heterocycles. The van der Waals surface area contributed by atoms with Crippen molar-refractivity contribution in [2.75, 3.05) is 0 Å². The van der Waals surface area contributed by atoms with E-state index in [0.29, 0.717) is 11.1 Å². The normalized spacial score (nSPS) is 33.8. The van der Waals surface area contributed by atoms with Gasteiger partial charge in [-0.15, -0.1) is 0 Å². The zero-order valence-corrected chi connectivity index (χ0v) is 20.4. The van der Waals surface area contributed by atoms with E-state index in [-0.39, 0.29) is 23.7 Å². The molecule has 1 saturated carbocycles. The van der Waals surface area contributed by atoms with E-state index in [4.69, 9.17) is 14.2 Å². The summed E-state index contributed by atoms with van der Waals surface area (Å²) in [7, 11) is 0. The molecule has 0 amide bonds. The molecule has 2 aromatic carbocycles. The number of carbonyl (C=O) groups is 2. The van der Waals surface area contributed by atoms with Gasteiger partial charge in [0.05, 0.1) is 11.1 Å². The smallest absolute Gasteiger partial charge is 0.338 e. The lowest BCUT2D eigenvalue weighted by molar-refractivity contribution is -0.138. The molecule has 6 atom stereocenters. The molecule has 6 unspecified atom stereocenters. The molecule has 3 fully saturated rings. The molecule has 5 nitrogen and oxygen atoms in total. The summed E-state index contributed by atoms with van der Waals surface area (Å²) in [6.07, 6.45) is 1.84. The van der Waals surface area contributed by atoms with E-state index >= 15 is 0 Å². The van der Waals surface area contributed by atoms with Gasteiger partial charge in [-0.3, -0.25) is 0 Å². The van der Waals surface area contributed by atoms with Gasteiger partial charge in [0, 0.05) is 0 Å². The third-order valence-electron chi connectivity index (χ3n) is 8.48. The van der Waals surface area contributed by atoms with Crippen LogP contribution < -0.4 is 0 Å². The van der Waals surface area contributed by atoms with E-state index in [1.54, 1.807) is 24.3 Å². The molecule has 5 rings (SSSR count). The Morgan fingerprint density at radius 3 is 1.47 bits per heavy atom. The summed E-state index contributed by atoms with van der Waals surface area (Å²) in [4.78, 5) is 26.6. The van der Waals surface area contributed by atoms with Crippen molar-refractivity contribution in [2.24, 2.45) is 23.7 Å². The molecule has 0 N–H and O–H groups in total. The summed E-state index contributed by atoms with van der Waals surface area (Å²) in [6.45, 7) is 8.54. The highest BCUT2D eigenvalue weighted by Crippen LogP contribution is 2.68. The minimum atomic E-state index is -0.683. The predicted octanol–water partition coefficient (Wildman–Crippen LogP) is 5.69. The first kappa shape index (κ1) is 23.1. The number of esters is 2. The highest BCUT2D eigenvalue weighted by molar-refractivity contribution is 5.90. The van der Waals surface area contributed by atoms with Gasteiger partial charge in [0.25, 0.3) is 0 Å². The molecule has 1 aliphatic carbocycles. The van der Waals surface area contributed by atoms with E-state index in [1.165, 1.54) is 0 Å². The van der Waals surface area contributed by atoms with Crippen LogP contribution in [-0.2, 0) is 14.2 Å². The van der Waals surface area contributed by atoms with Crippen molar-refractivity contribution in [2.45, 2.75) is 70.4 Å². The molecular formula is C29H34O5. The van der Waals surface area contributed by atoms with E-state index in [0.717, 1.165) is 19.3 Å². The first-order valence-corrected chi connectivity index (χ1v) is 12.5. The lowest BCUT2D eigenvalue weighted by Gasteiger charge is -2.47. The summed E-state index contributed by atoms with van der Waals surface area (Å²) in [5, 5.41) is 0. The van der Waals surface area contributed by atoms with Gasteiger partial charge in [-0.2, -0.15) is 0 Å². The summed E-state index contributed by atoms with van der Waals surface area (Å²) in [5.74, 6) is -0.0854. The summed E-state index contributed by atoms with van der Waals surface area (Å²) in [5.41, 5.74) is -0.396. The number of ether oxygens (including phenoxy) is 3. The maximum atomic E-state index is 13.3. The minimum Gasteiger partial charge on any atom is -0.452 e. The maximum absolute atomic E-state index is 13.3. The number of hydrogen-bond acceptors (Lipinski definition) is 5. The third-order valence-corrected chi connectivity index (χ3v) is 8.48. The van der Waals surface area contributed by atoms with Crippen molar-refractivity contribution in [3.05, 3.63) is 71.8 Å². The second-order valence-corrected chi connectivity index (χ2v) is 10.6. The molecule has 2 saturated heterocycles. The minimum absolute atomic E-state index is 0.0905. The van der Waals surface area contributed by atoms with Gasteiger partial charge < -0.3 is 14.2 Å². The van der Waals surface area contributed by atoms with Crippen molar-refractivity contribution in [1.82, 2.24) is 0 Å². The standard InChI is InChI=1S/C29H34O5/c1-18(2)28-22-16-11-17-23(22)29(34-28,19(3)4)25(33-27(31)21-14-9-6-10-15-21)24(28)32-26(30)20-12-7-5-8-13-20/h5-10,12-15,18-19,22-25H,11,16-17H2,1-4H3. The molecule has 0 aromatic heterocycles. The SMILES string of the molecule is CC(C)C12OC(C(C)C)(C3CCCC31)C(OC(=O)c1ccccc1)C2OC(=O)c1ccccc1. The molecule has 0 spiro atoms. The topological polar surface area (TPSA) is 61.8 Å². The summed E-state index contributed by atoms with van der Waals surface area (Å²) < 4.78 is 19.7. The van der Waals surface area contributed by atoms with Crippen LogP contribution in [0.2, 0.25) is 0 Å². The van der Waals surface area contributed by atoms with Crippen molar-refractivity contribution in [3.8, 4) is 0 Å².